The van der Waals surface area contributed by atoms with Gasteiger partial charge in [-0.25, -0.2) is 8.78 Å². The van der Waals surface area contributed by atoms with Crippen LogP contribution in [0.4, 0.5) is 25.8 Å². The lowest BCUT2D eigenvalue weighted by molar-refractivity contribution is 0.472. The number of halogens is 3. The first-order valence-corrected chi connectivity index (χ1v) is 7.37. The lowest BCUT2D eigenvalue weighted by Gasteiger charge is -2.27. The fourth-order valence-electron chi connectivity index (χ4n) is 2.40. The molecule has 6 heteroatoms. The summed E-state index contributed by atoms with van der Waals surface area (Å²) in [7, 11) is 0. The number of phenols is 2. The quantitative estimate of drug-likeness (QED) is 0.657. The predicted octanol–water partition coefficient (Wildman–Crippen LogP) is 5.50. The van der Waals surface area contributed by atoms with Crippen LogP contribution in [0.2, 0.25) is 5.02 Å². The van der Waals surface area contributed by atoms with Gasteiger partial charge in [0.15, 0.2) is 0 Å². The number of hydrogen-bond acceptors (Lipinski definition) is 3. The average Bonchev–Trinajstić information content (AvgIpc) is 2.55. The molecule has 0 saturated carbocycles. The van der Waals surface area contributed by atoms with Crippen molar-refractivity contribution < 1.29 is 19.0 Å². The van der Waals surface area contributed by atoms with Crippen molar-refractivity contribution >= 4 is 28.7 Å². The second-order valence-electron chi connectivity index (χ2n) is 5.03. The molecule has 0 bridgehead atoms. The van der Waals surface area contributed by atoms with Gasteiger partial charge in [-0.15, -0.1) is 0 Å². The Kier molecular flexibility index (Phi) is 4.27. The summed E-state index contributed by atoms with van der Waals surface area (Å²) in [6.07, 6.45) is 0. The minimum absolute atomic E-state index is 0.0352. The Bertz CT molecular complexity index is 882. The summed E-state index contributed by atoms with van der Waals surface area (Å²) < 4.78 is 28.7. The van der Waals surface area contributed by atoms with E-state index in [0.29, 0.717) is 0 Å². The summed E-state index contributed by atoms with van der Waals surface area (Å²) in [5, 5.41) is 20.6. The van der Waals surface area contributed by atoms with Crippen molar-refractivity contribution in [3.8, 4) is 11.5 Å². The highest BCUT2D eigenvalue weighted by molar-refractivity contribution is 6.31. The molecule has 0 aromatic heterocycles. The molecule has 0 unspecified atom stereocenters. The molecule has 0 spiro atoms. The topological polar surface area (TPSA) is 43.7 Å². The molecule has 0 amide bonds. The minimum atomic E-state index is -0.849. The van der Waals surface area contributed by atoms with Crippen LogP contribution in [0.15, 0.2) is 60.7 Å². The van der Waals surface area contributed by atoms with Crippen LogP contribution in [-0.2, 0) is 0 Å². The van der Waals surface area contributed by atoms with Gasteiger partial charge in [0.2, 0.25) is 0 Å². The van der Waals surface area contributed by atoms with E-state index in [0.717, 1.165) is 17.0 Å². The maximum absolute atomic E-state index is 14.4. The molecule has 2 N–H and O–H groups in total. The number of aromatic hydroxyl groups is 2. The predicted molar refractivity (Wildman–Crippen MR) is 89.4 cm³/mol. The summed E-state index contributed by atoms with van der Waals surface area (Å²) in [6, 6.07) is 13.5. The number of hydrogen-bond donors (Lipinski definition) is 2. The van der Waals surface area contributed by atoms with Crippen LogP contribution < -0.4 is 4.90 Å². The monoisotopic (exact) mass is 347 g/mol. The first kappa shape index (κ1) is 16.1. The van der Waals surface area contributed by atoms with Gasteiger partial charge in [-0.3, -0.25) is 4.90 Å². The maximum Gasteiger partial charge on any atom is 0.150 e. The summed E-state index contributed by atoms with van der Waals surface area (Å²) in [5.41, 5.74) is -0.302. The number of para-hydroxylation sites is 3. The Balaban J connectivity index is 2.34. The van der Waals surface area contributed by atoms with Crippen molar-refractivity contribution in [2.75, 3.05) is 4.90 Å². The van der Waals surface area contributed by atoms with E-state index >= 15 is 0 Å². The Hall–Kier alpha value is -2.79. The molecular weight excluding hydrogens is 336 g/mol. The van der Waals surface area contributed by atoms with Crippen LogP contribution >= 0.6 is 11.6 Å². The van der Waals surface area contributed by atoms with Gasteiger partial charge in [0.05, 0.1) is 11.4 Å². The molecule has 3 aromatic carbocycles. The highest BCUT2D eigenvalue weighted by atomic mass is 35.5. The van der Waals surface area contributed by atoms with Gasteiger partial charge in [0, 0.05) is 5.02 Å². The zero-order valence-corrected chi connectivity index (χ0v) is 13.0. The van der Waals surface area contributed by atoms with Crippen molar-refractivity contribution in [2.45, 2.75) is 0 Å². The van der Waals surface area contributed by atoms with Crippen LogP contribution in [0.25, 0.3) is 0 Å². The normalized spacial score (nSPS) is 10.6. The van der Waals surface area contributed by atoms with Crippen LogP contribution in [0.3, 0.4) is 0 Å². The molecule has 0 heterocycles. The summed E-state index contributed by atoms with van der Waals surface area (Å²) >= 11 is 5.97. The number of rotatable bonds is 3. The van der Waals surface area contributed by atoms with Crippen molar-refractivity contribution in [3.05, 3.63) is 77.3 Å². The molecule has 3 nitrogen and oxygen atoms in total. The van der Waals surface area contributed by atoms with E-state index < -0.39 is 17.3 Å². The van der Waals surface area contributed by atoms with Crippen LogP contribution in [-0.4, -0.2) is 10.2 Å². The SMILES string of the molecule is Oc1ccccc1N(c1cc(Cl)ccc1O)c1c(F)cccc1F. The average molecular weight is 348 g/mol. The van der Waals surface area contributed by atoms with Crippen molar-refractivity contribution in [1.82, 2.24) is 0 Å². The third kappa shape index (κ3) is 2.86. The maximum atomic E-state index is 14.4. The standard InChI is InChI=1S/C18H12ClF2NO2/c19-11-8-9-17(24)15(10-11)22(14-6-1-2-7-16(14)23)18-12(20)4-3-5-13(18)21/h1-10,23-24H. The summed E-state index contributed by atoms with van der Waals surface area (Å²) in [5.74, 6) is -2.15. The third-order valence-corrected chi connectivity index (χ3v) is 3.70. The van der Waals surface area contributed by atoms with Gasteiger partial charge in [0.25, 0.3) is 0 Å². The van der Waals surface area contributed by atoms with Gasteiger partial charge < -0.3 is 10.2 Å². The summed E-state index contributed by atoms with van der Waals surface area (Å²) in [6.45, 7) is 0. The lowest BCUT2D eigenvalue weighted by Crippen LogP contribution is -2.14. The van der Waals surface area contributed by atoms with E-state index in [2.05, 4.69) is 0 Å². The molecule has 0 radical (unpaired) electrons. The third-order valence-electron chi connectivity index (χ3n) is 3.46. The second kappa shape index (κ2) is 6.37. The van der Waals surface area contributed by atoms with Crippen molar-refractivity contribution in [1.29, 1.82) is 0 Å². The highest BCUT2D eigenvalue weighted by Gasteiger charge is 2.24. The first-order valence-electron chi connectivity index (χ1n) is 6.99. The summed E-state index contributed by atoms with van der Waals surface area (Å²) in [4.78, 5) is 1.08. The van der Waals surface area contributed by atoms with Gasteiger partial charge >= 0.3 is 0 Å². The molecule has 122 valence electrons. The van der Waals surface area contributed by atoms with E-state index in [-0.39, 0.29) is 27.9 Å². The first-order chi connectivity index (χ1) is 11.5. The van der Waals surface area contributed by atoms with Crippen LogP contribution in [0.5, 0.6) is 11.5 Å². The number of benzene rings is 3. The molecular formula is C18H12ClF2NO2. The number of nitrogens with zero attached hydrogens (tertiary/aromatic N) is 1. The lowest BCUT2D eigenvalue weighted by atomic mass is 10.1. The fraction of sp³-hybridized carbons (Fsp3) is 0. The van der Waals surface area contributed by atoms with E-state index in [9.17, 15) is 19.0 Å². The van der Waals surface area contributed by atoms with Gasteiger partial charge in [-0.05, 0) is 42.5 Å². The highest BCUT2D eigenvalue weighted by Crippen LogP contribution is 2.45. The van der Waals surface area contributed by atoms with Crippen molar-refractivity contribution in [2.24, 2.45) is 0 Å². The van der Waals surface area contributed by atoms with E-state index in [1.165, 1.54) is 36.4 Å². The zero-order valence-electron chi connectivity index (χ0n) is 12.2. The second-order valence-corrected chi connectivity index (χ2v) is 5.46. The molecule has 0 atom stereocenters. The molecule has 24 heavy (non-hydrogen) atoms. The van der Waals surface area contributed by atoms with Crippen molar-refractivity contribution in [3.63, 3.8) is 0 Å². The molecule has 0 aliphatic carbocycles. The smallest absolute Gasteiger partial charge is 0.150 e. The molecule has 0 aliphatic rings. The Morgan fingerprint density at radius 1 is 0.750 bits per heavy atom. The zero-order chi connectivity index (χ0) is 17.3. The number of phenolic OH excluding ortho intramolecular Hbond substituents is 2. The molecule has 3 aromatic rings. The molecule has 3 rings (SSSR count). The Morgan fingerprint density at radius 2 is 1.38 bits per heavy atom. The molecule has 0 fully saturated rings. The van der Waals surface area contributed by atoms with E-state index in [1.54, 1.807) is 12.1 Å². The largest absolute Gasteiger partial charge is 0.506 e. The van der Waals surface area contributed by atoms with Crippen LogP contribution in [0, 0.1) is 11.6 Å². The van der Waals surface area contributed by atoms with E-state index in [1.807, 2.05) is 0 Å². The van der Waals surface area contributed by atoms with Gasteiger partial charge in [-0.2, -0.15) is 0 Å². The van der Waals surface area contributed by atoms with Gasteiger partial charge in [0.1, 0.15) is 28.8 Å². The molecule has 0 aliphatic heterocycles. The van der Waals surface area contributed by atoms with Crippen LogP contribution in [0.1, 0.15) is 0 Å². The Morgan fingerprint density at radius 3 is 2.04 bits per heavy atom. The fourth-order valence-corrected chi connectivity index (χ4v) is 2.57. The number of anilines is 3. The molecule has 0 saturated heterocycles. The van der Waals surface area contributed by atoms with E-state index in [4.69, 9.17) is 11.6 Å². The Labute approximate surface area is 142 Å². The minimum Gasteiger partial charge on any atom is -0.506 e. The van der Waals surface area contributed by atoms with Gasteiger partial charge in [-0.1, -0.05) is 29.8 Å².